The molecule has 0 aliphatic carbocycles. The van der Waals surface area contributed by atoms with Crippen molar-refractivity contribution >= 4 is 6.09 Å². The third kappa shape index (κ3) is 1.20. The van der Waals surface area contributed by atoms with Gasteiger partial charge in [-0.15, -0.1) is 0 Å². The van der Waals surface area contributed by atoms with Crippen LogP contribution in [0.2, 0.25) is 0 Å². The summed E-state index contributed by atoms with van der Waals surface area (Å²) >= 11 is 0. The molecule has 50 valence electrons. The van der Waals surface area contributed by atoms with Gasteiger partial charge in [-0.1, -0.05) is 0 Å². The molecule has 0 aromatic carbocycles. The fourth-order valence-corrected chi connectivity index (χ4v) is 0.527. The van der Waals surface area contributed by atoms with Gasteiger partial charge in [0.05, 0.1) is 19.9 Å². The van der Waals surface area contributed by atoms with Crippen LogP contribution in [0.15, 0.2) is 12.3 Å². The molecule has 0 saturated heterocycles. The number of carbonyl (C=O) groups excluding carboxylic acids is 1. The number of rotatable bonds is 1. The predicted molar refractivity (Wildman–Crippen MR) is 29.3 cm³/mol. The Balaban J connectivity index is 2.53. The van der Waals surface area contributed by atoms with Crippen molar-refractivity contribution in [1.82, 2.24) is 5.06 Å². The molecule has 0 spiro atoms. The number of hydrogen-bond acceptors (Lipinski definition) is 3. The Hall–Kier alpha value is -1.03. The lowest BCUT2D eigenvalue weighted by Crippen LogP contribution is -2.32. The molecule has 1 amide bonds. The monoisotopic (exact) mass is 129 g/mol. The first-order valence-corrected chi connectivity index (χ1v) is 2.52. The highest BCUT2D eigenvalue weighted by Crippen LogP contribution is 2.00. The minimum absolute atomic E-state index is 0.454. The molecule has 1 aliphatic rings. The summed E-state index contributed by atoms with van der Waals surface area (Å²) in [6, 6.07) is 0. The van der Waals surface area contributed by atoms with Gasteiger partial charge in [-0.05, 0) is 6.08 Å². The maximum Gasteiger partial charge on any atom is 0.439 e. The first-order chi connectivity index (χ1) is 4.34. The van der Waals surface area contributed by atoms with E-state index in [0.29, 0.717) is 6.54 Å². The van der Waals surface area contributed by atoms with Crippen LogP contribution >= 0.6 is 0 Å². The van der Waals surface area contributed by atoms with Crippen molar-refractivity contribution in [2.45, 2.75) is 0 Å². The van der Waals surface area contributed by atoms with Crippen molar-refractivity contribution in [3.8, 4) is 0 Å². The molecule has 0 saturated carbocycles. The largest absolute Gasteiger partial charge is 0.439 e. The molecule has 1 heterocycles. The fraction of sp³-hybridized carbons (Fsp3) is 0.400. The maximum absolute atomic E-state index is 10.6. The molecule has 4 nitrogen and oxygen atoms in total. The zero-order valence-corrected chi connectivity index (χ0v) is 5.03. The number of hydrogen-bond donors (Lipinski definition) is 0. The third-order valence-electron chi connectivity index (χ3n) is 0.960. The Morgan fingerprint density at radius 2 is 2.67 bits per heavy atom. The van der Waals surface area contributed by atoms with E-state index in [1.54, 1.807) is 6.08 Å². The molecule has 0 bridgehead atoms. The number of cyclic esters (lactones) is 1. The minimum atomic E-state index is -0.472. The summed E-state index contributed by atoms with van der Waals surface area (Å²) in [4.78, 5) is 15.2. The summed E-state index contributed by atoms with van der Waals surface area (Å²) in [5, 5.41) is 1.11. The number of hydroxylamine groups is 2. The molecule has 0 aromatic rings. The van der Waals surface area contributed by atoms with E-state index < -0.39 is 6.09 Å². The third-order valence-corrected chi connectivity index (χ3v) is 0.960. The van der Waals surface area contributed by atoms with Crippen molar-refractivity contribution in [2.24, 2.45) is 0 Å². The van der Waals surface area contributed by atoms with Gasteiger partial charge in [0.25, 0.3) is 0 Å². The van der Waals surface area contributed by atoms with E-state index in [1.165, 1.54) is 13.4 Å². The number of amides is 1. The van der Waals surface area contributed by atoms with Crippen molar-refractivity contribution < 1.29 is 14.4 Å². The van der Waals surface area contributed by atoms with E-state index in [0.717, 1.165) is 5.06 Å². The van der Waals surface area contributed by atoms with Crippen LogP contribution in [0.1, 0.15) is 0 Å². The molecule has 1 aliphatic heterocycles. The standard InChI is InChI=1S/C5H7NO3/c1-8-6-3-2-4-9-5(6)7/h2,4H,3H2,1H3. The zero-order chi connectivity index (χ0) is 6.69. The summed E-state index contributed by atoms with van der Waals surface area (Å²) in [5.74, 6) is 0. The fourth-order valence-electron chi connectivity index (χ4n) is 0.527. The number of nitrogens with zero attached hydrogens (tertiary/aromatic N) is 1. The molecule has 0 unspecified atom stereocenters. The van der Waals surface area contributed by atoms with Crippen LogP contribution in [-0.4, -0.2) is 24.8 Å². The van der Waals surface area contributed by atoms with Crippen LogP contribution in [0.5, 0.6) is 0 Å². The van der Waals surface area contributed by atoms with E-state index >= 15 is 0 Å². The Labute approximate surface area is 52.6 Å². The van der Waals surface area contributed by atoms with Gasteiger partial charge in [0.15, 0.2) is 0 Å². The Morgan fingerprint density at radius 1 is 1.89 bits per heavy atom. The zero-order valence-electron chi connectivity index (χ0n) is 5.03. The summed E-state index contributed by atoms with van der Waals surface area (Å²) in [5.41, 5.74) is 0. The summed E-state index contributed by atoms with van der Waals surface area (Å²) < 4.78 is 4.46. The molecule has 9 heavy (non-hydrogen) atoms. The smallest absolute Gasteiger partial charge is 0.417 e. The lowest BCUT2D eigenvalue weighted by Gasteiger charge is -2.18. The van der Waals surface area contributed by atoms with E-state index in [2.05, 4.69) is 9.57 Å². The van der Waals surface area contributed by atoms with Gasteiger partial charge in [0.2, 0.25) is 0 Å². The van der Waals surface area contributed by atoms with E-state index in [9.17, 15) is 4.79 Å². The van der Waals surface area contributed by atoms with Crippen LogP contribution in [-0.2, 0) is 9.57 Å². The first kappa shape index (κ1) is 6.10. The Bertz CT molecular complexity index is 143. The molecule has 0 N–H and O–H groups in total. The maximum atomic E-state index is 10.6. The molecule has 0 radical (unpaired) electrons. The molecule has 0 aromatic heterocycles. The van der Waals surface area contributed by atoms with Gasteiger partial charge in [-0.25, -0.2) is 4.79 Å². The van der Waals surface area contributed by atoms with Crippen molar-refractivity contribution in [3.63, 3.8) is 0 Å². The molecule has 0 fully saturated rings. The lowest BCUT2D eigenvalue weighted by atomic mass is 10.6. The van der Waals surface area contributed by atoms with Gasteiger partial charge in [0, 0.05) is 0 Å². The van der Waals surface area contributed by atoms with Crippen molar-refractivity contribution in [2.75, 3.05) is 13.7 Å². The second-order valence-corrected chi connectivity index (χ2v) is 1.50. The van der Waals surface area contributed by atoms with Gasteiger partial charge >= 0.3 is 6.09 Å². The lowest BCUT2D eigenvalue weighted by molar-refractivity contribution is -0.100. The van der Waals surface area contributed by atoms with Crippen LogP contribution in [0.25, 0.3) is 0 Å². The Morgan fingerprint density at radius 3 is 3.11 bits per heavy atom. The van der Waals surface area contributed by atoms with E-state index in [1.807, 2.05) is 0 Å². The Kier molecular flexibility index (Phi) is 1.69. The average molecular weight is 129 g/mol. The summed E-state index contributed by atoms with van der Waals surface area (Å²) in [6.45, 7) is 0.454. The quantitative estimate of drug-likeness (QED) is 0.518. The van der Waals surface area contributed by atoms with Crippen molar-refractivity contribution in [3.05, 3.63) is 12.3 Å². The van der Waals surface area contributed by atoms with E-state index in [-0.39, 0.29) is 0 Å². The predicted octanol–water partition coefficient (Wildman–Crippen LogP) is 0.514. The minimum Gasteiger partial charge on any atom is -0.417 e. The van der Waals surface area contributed by atoms with Gasteiger partial charge < -0.3 is 4.74 Å². The molecule has 1 rings (SSSR count). The second kappa shape index (κ2) is 2.50. The second-order valence-electron chi connectivity index (χ2n) is 1.50. The molecular weight excluding hydrogens is 122 g/mol. The molecule has 0 atom stereocenters. The number of carbonyl (C=O) groups is 1. The highest BCUT2D eigenvalue weighted by molar-refractivity contribution is 5.68. The summed E-state index contributed by atoms with van der Waals surface area (Å²) in [7, 11) is 1.42. The van der Waals surface area contributed by atoms with Crippen LogP contribution < -0.4 is 0 Å². The van der Waals surface area contributed by atoms with Crippen LogP contribution in [0.3, 0.4) is 0 Å². The average Bonchev–Trinajstić information content (AvgIpc) is 1.89. The summed E-state index contributed by atoms with van der Waals surface area (Å²) in [6.07, 6.45) is 2.56. The molecule has 4 heteroatoms. The van der Waals surface area contributed by atoms with Gasteiger partial charge in [-0.2, -0.15) is 5.06 Å². The first-order valence-electron chi connectivity index (χ1n) is 2.52. The normalized spacial score (nSPS) is 17.9. The highest BCUT2D eigenvalue weighted by Gasteiger charge is 2.14. The molecular formula is C5H7NO3. The van der Waals surface area contributed by atoms with Crippen molar-refractivity contribution in [1.29, 1.82) is 0 Å². The van der Waals surface area contributed by atoms with Crippen LogP contribution in [0.4, 0.5) is 4.79 Å². The highest BCUT2D eigenvalue weighted by atomic mass is 16.7. The van der Waals surface area contributed by atoms with Crippen LogP contribution in [0, 0.1) is 0 Å². The van der Waals surface area contributed by atoms with Gasteiger partial charge in [-0.3, -0.25) is 4.84 Å². The number of ether oxygens (including phenoxy) is 1. The topological polar surface area (TPSA) is 38.8 Å². The van der Waals surface area contributed by atoms with E-state index in [4.69, 9.17) is 0 Å². The SMILES string of the molecule is CON1CC=COC1=O. The van der Waals surface area contributed by atoms with Gasteiger partial charge in [0.1, 0.15) is 0 Å².